The van der Waals surface area contributed by atoms with Gasteiger partial charge in [-0.15, -0.1) is 5.10 Å². The zero-order valence-corrected chi connectivity index (χ0v) is 15.1. The Hall–Kier alpha value is -2.50. The van der Waals surface area contributed by atoms with E-state index >= 15 is 0 Å². The van der Waals surface area contributed by atoms with E-state index in [4.69, 9.17) is 0 Å². The van der Waals surface area contributed by atoms with Crippen molar-refractivity contribution in [1.82, 2.24) is 15.2 Å². The summed E-state index contributed by atoms with van der Waals surface area (Å²) < 4.78 is 0. The smallest absolute Gasteiger partial charge is 0.243 e. The van der Waals surface area contributed by atoms with Crippen LogP contribution in [0.5, 0.6) is 0 Å². The first-order chi connectivity index (χ1) is 12.1. The number of carbonyl (C=O) groups excluding carboxylic acids is 1. The Morgan fingerprint density at radius 1 is 1.12 bits per heavy atom. The van der Waals surface area contributed by atoms with E-state index in [2.05, 4.69) is 41.3 Å². The highest BCUT2D eigenvalue weighted by Crippen LogP contribution is 2.24. The van der Waals surface area contributed by atoms with Crippen LogP contribution in [0.1, 0.15) is 56.6 Å². The van der Waals surface area contributed by atoms with Gasteiger partial charge >= 0.3 is 0 Å². The molecule has 1 fully saturated rings. The number of amides is 1. The zero-order chi connectivity index (χ0) is 17.8. The summed E-state index contributed by atoms with van der Waals surface area (Å²) in [4.78, 5) is 18.3. The van der Waals surface area contributed by atoms with Crippen molar-refractivity contribution in [3.8, 4) is 0 Å². The van der Waals surface area contributed by atoms with Crippen molar-refractivity contribution in [3.05, 3.63) is 41.2 Å². The second kappa shape index (κ2) is 7.59. The average Bonchev–Trinajstić information content (AvgIpc) is 3.07. The molecule has 2 heterocycles. The molecule has 6 nitrogen and oxygen atoms in total. The van der Waals surface area contributed by atoms with Crippen LogP contribution in [0.15, 0.2) is 24.3 Å². The van der Waals surface area contributed by atoms with Crippen LogP contribution in [0.4, 0.5) is 11.6 Å². The van der Waals surface area contributed by atoms with Gasteiger partial charge in [0.25, 0.3) is 0 Å². The first kappa shape index (κ1) is 17.3. The summed E-state index contributed by atoms with van der Waals surface area (Å²) in [5, 5.41) is 11.8. The summed E-state index contributed by atoms with van der Waals surface area (Å²) in [5.41, 5.74) is 4.05. The summed E-state index contributed by atoms with van der Waals surface area (Å²) >= 11 is 0. The van der Waals surface area contributed by atoms with Crippen LogP contribution in [0, 0.1) is 0 Å². The number of anilines is 2. The molecule has 1 aromatic carbocycles. The molecule has 1 amide bonds. The van der Waals surface area contributed by atoms with Gasteiger partial charge in [0.05, 0.1) is 17.4 Å². The molecule has 1 saturated heterocycles. The van der Waals surface area contributed by atoms with Crippen LogP contribution in [0.2, 0.25) is 0 Å². The summed E-state index contributed by atoms with van der Waals surface area (Å²) in [7, 11) is 0. The largest absolute Gasteiger partial charge is 0.346 e. The van der Waals surface area contributed by atoms with Crippen LogP contribution >= 0.6 is 0 Å². The molecule has 1 unspecified atom stereocenters. The molecule has 0 saturated carbocycles. The maximum Gasteiger partial charge on any atom is 0.243 e. The molecule has 0 spiro atoms. The van der Waals surface area contributed by atoms with Crippen molar-refractivity contribution in [2.45, 2.75) is 52.5 Å². The highest BCUT2D eigenvalue weighted by atomic mass is 16.2. The van der Waals surface area contributed by atoms with Gasteiger partial charge in [0.15, 0.2) is 0 Å². The molecule has 1 N–H and O–H groups in total. The van der Waals surface area contributed by atoms with Crippen molar-refractivity contribution in [2.75, 3.05) is 16.8 Å². The first-order valence-electron chi connectivity index (χ1n) is 9.01. The second-order valence-corrected chi connectivity index (χ2v) is 6.34. The lowest BCUT2D eigenvalue weighted by Gasteiger charge is -2.18. The average molecular weight is 339 g/mol. The summed E-state index contributed by atoms with van der Waals surface area (Å²) in [6, 6.07) is 8.17. The third-order valence-corrected chi connectivity index (χ3v) is 4.63. The third-order valence-electron chi connectivity index (χ3n) is 4.63. The van der Waals surface area contributed by atoms with Crippen LogP contribution < -0.4 is 10.2 Å². The minimum absolute atomic E-state index is 0.0577. The van der Waals surface area contributed by atoms with Gasteiger partial charge in [-0.25, -0.2) is 4.98 Å². The van der Waals surface area contributed by atoms with E-state index in [9.17, 15) is 4.79 Å². The summed E-state index contributed by atoms with van der Waals surface area (Å²) in [6.07, 6.45) is 3.28. The molecule has 1 aromatic heterocycles. The number of rotatable bonds is 6. The van der Waals surface area contributed by atoms with E-state index in [1.165, 1.54) is 0 Å². The number of hydrogen-bond acceptors (Lipinski definition) is 5. The number of aromatic nitrogens is 3. The quantitative estimate of drug-likeness (QED) is 0.874. The maximum atomic E-state index is 11.8. The lowest BCUT2D eigenvalue weighted by atomic mass is 10.1. The molecule has 0 aliphatic carbocycles. The Labute approximate surface area is 148 Å². The molecule has 0 bridgehead atoms. The maximum absolute atomic E-state index is 11.8. The molecule has 25 heavy (non-hydrogen) atoms. The topological polar surface area (TPSA) is 71.0 Å². The number of carbonyl (C=O) groups is 1. The number of hydrogen-bond donors (Lipinski definition) is 1. The molecule has 6 heteroatoms. The molecule has 1 aliphatic heterocycles. The van der Waals surface area contributed by atoms with E-state index in [1.54, 1.807) is 0 Å². The predicted molar refractivity (Wildman–Crippen MR) is 98.6 cm³/mol. The van der Waals surface area contributed by atoms with Gasteiger partial charge in [-0.1, -0.05) is 26.0 Å². The molecule has 2 aromatic rings. The Morgan fingerprint density at radius 3 is 2.44 bits per heavy atom. The molecule has 132 valence electrons. The molecular weight excluding hydrogens is 314 g/mol. The molecule has 3 rings (SSSR count). The van der Waals surface area contributed by atoms with Gasteiger partial charge in [-0.05, 0) is 43.9 Å². The van der Waals surface area contributed by atoms with Crippen LogP contribution in [-0.4, -0.2) is 27.6 Å². The highest BCUT2D eigenvalue weighted by molar-refractivity contribution is 5.95. The van der Waals surface area contributed by atoms with Crippen molar-refractivity contribution >= 4 is 17.5 Å². The SMILES string of the molecule is CCc1nnc(NC(C)c2ccc(N3CCCC3=O)cc2)nc1CC. The standard InChI is InChI=1S/C19H25N5O/c1-4-16-17(5-2)22-23-19(21-16)20-13(3)14-8-10-15(11-9-14)24-12-6-7-18(24)25/h8-11,13H,4-7,12H2,1-3H3,(H,20,21,23). The van der Waals surface area contributed by atoms with Gasteiger partial charge in [-0.2, -0.15) is 5.10 Å². The van der Waals surface area contributed by atoms with Crippen LogP contribution in [0.25, 0.3) is 0 Å². The van der Waals surface area contributed by atoms with Crippen molar-refractivity contribution in [3.63, 3.8) is 0 Å². The number of aryl methyl sites for hydroxylation is 2. The highest BCUT2D eigenvalue weighted by Gasteiger charge is 2.21. The lowest BCUT2D eigenvalue weighted by molar-refractivity contribution is -0.117. The fourth-order valence-corrected chi connectivity index (χ4v) is 3.14. The van der Waals surface area contributed by atoms with E-state index < -0.39 is 0 Å². The Bertz CT molecular complexity index is 744. The first-order valence-corrected chi connectivity index (χ1v) is 9.01. The number of benzene rings is 1. The molecule has 0 radical (unpaired) electrons. The monoisotopic (exact) mass is 339 g/mol. The number of nitrogens with one attached hydrogen (secondary N) is 1. The Kier molecular flexibility index (Phi) is 5.26. The van der Waals surface area contributed by atoms with Gasteiger partial charge in [0.1, 0.15) is 0 Å². The minimum atomic E-state index is 0.0577. The van der Waals surface area contributed by atoms with Crippen LogP contribution in [0.3, 0.4) is 0 Å². The van der Waals surface area contributed by atoms with Crippen LogP contribution in [-0.2, 0) is 17.6 Å². The molecular formula is C19H25N5O. The fraction of sp³-hybridized carbons (Fsp3) is 0.474. The van der Waals surface area contributed by atoms with E-state index in [1.807, 2.05) is 29.2 Å². The fourth-order valence-electron chi connectivity index (χ4n) is 3.14. The van der Waals surface area contributed by atoms with Gasteiger partial charge < -0.3 is 10.2 Å². The third kappa shape index (κ3) is 3.78. The predicted octanol–water partition coefficient (Wildman–Crippen LogP) is 3.30. The van der Waals surface area contributed by atoms with Gasteiger partial charge in [0, 0.05) is 18.7 Å². The van der Waals surface area contributed by atoms with Crippen molar-refractivity contribution in [2.24, 2.45) is 0 Å². The minimum Gasteiger partial charge on any atom is -0.346 e. The molecule has 1 atom stereocenters. The number of nitrogens with zero attached hydrogens (tertiary/aromatic N) is 4. The molecule has 1 aliphatic rings. The van der Waals surface area contributed by atoms with E-state index in [0.29, 0.717) is 12.4 Å². The van der Waals surface area contributed by atoms with Gasteiger partial charge in [-0.3, -0.25) is 4.79 Å². The lowest BCUT2D eigenvalue weighted by Crippen LogP contribution is -2.23. The summed E-state index contributed by atoms with van der Waals surface area (Å²) in [6.45, 7) is 7.02. The normalized spacial score (nSPS) is 15.5. The summed E-state index contributed by atoms with van der Waals surface area (Å²) in [5.74, 6) is 0.766. The van der Waals surface area contributed by atoms with Gasteiger partial charge in [0.2, 0.25) is 11.9 Å². The Balaban J connectivity index is 1.71. The van der Waals surface area contributed by atoms with E-state index in [0.717, 1.165) is 48.4 Å². The van der Waals surface area contributed by atoms with Crippen molar-refractivity contribution in [1.29, 1.82) is 0 Å². The van der Waals surface area contributed by atoms with Crippen molar-refractivity contribution < 1.29 is 4.79 Å². The Morgan fingerprint density at radius 2 is 1.84 bits per heavy atom. The zero-order valence-electron chi connectivity index (χ0n) is 15.1. The second-order valence-electron chi connectivity index (χ2n) is 6.34. The van der Waals surface area contributed by atoms with E-state index in [-0.39, 0.29) is 11.9 Å².